The van der Waals surface area contributed by atoms with Crippen molar-refractivity contribution in [2.45, 2.75) is 13.5 Å². The summed E-state index contributed by atoms with van der Waals surface area (Å²) in [5.41, 5.74) is 2.68. The lowest BCUT2D eigenvalue weighted by atomic mass is 10.0. The number of benzene rings is 2. The first-order chi connectivity index (χ1) is 10.6. The van der Waals surface area contributed by atoms with Crippen LogP contribution in [0.15, 0.2) is 60.8 Å². The average molecular weight is 290 g/mol. The molecule has 1 aromatic heterocycles. The van der Waals surface area contributed by atoms with Gasteiger partial charge >= 0.3 is 0 Å². The highest BCUT2D eigenvalue weighted by atomic mass is 16.2. The first-order valence-electron chi connectivity index (χ1n) is 7.30. The number of nitrogens with zero attached hydrogens (tertiary/aromatic N) is 2. The van der Waals surface area contributed by atoms with Gasteiger partial charge in [0.1, 0.15) is 0 Å². The SMILES string of the molecule is Cc1ccc(C(=O)N(C)Cc2cccc3ccccc23)cn1. The van der Waals surface area contributed by atoms with E-state index in [0.29, 0.717) is 12.1 Å². The zero-order chi connectivity index (χ0) is 15.5. The Balaban J connectivity index is 1.85. The van der Waals surface area contributed by atoms with E-state index >= 15 is 0 Å². The molecule has 0 bridgehead atoms. The summed E-state index contributed by atoms with van der Waals surface area (Å²) in [4.78, 5) is 18.4. The van der Waals surface area contributed by atoms with Gasteiger partial charge in [0, 0.05) is 25.5 Å². The van der Waals surface area contributed by atoms with E-state index in [0.717, 1.165) is 11.3 Å². The van der Waals surface area contributed by atoms with Crippen molar-refractivity contribution >= 4 is 16.7 Å². The Labute approximate surface area is 130 Å². The topological polar surface area (TPSA) is 33.2 Å². The van der Waals surface area contributed by atoms with Crippen LogP contribution in [0, 0.1) is 6.92 Å². The van der Waals surface area contributed by atoms with Crippen molar-refractivity contribution in [3.8, 4) is 0 Å². The van der Waals surface area contributed by atoms with Crippen LogP contribution < -0.4 is 0 Å². The Morgan fingerprint density at radius 2 is 1.82 bits per heavy atom. The fourth-order valence-electron chi connectivity index (χ4n) is 2.57. The minimum Gasteiger partial charge on any atom is -0.337 e. The van der Waals surface area contributed by atoms with E-state index in [-0.39, 0.29) is 5.91 Å². The number of hydrogen-bond acceptors (Lipinski definition) is 2. The molecule has 0 aliphatic carbocycles. The molecule has 0 saturated heterocycles. The lowest BCUT2D eigenvalue weighted by molar-refractivity contribution is 0.0785. The third-order valence-corrected chi connectivity index (χ3v) is 3.79. The molecule has 0 aliphatic heterocycles. The van der Waals surface area contributed by atoms with E-state index in [1.54, 1.807) is 11.1 Å². The highest BCUT2D eigenvalue weighted by Crippen LogP contribution is 2.20. The number of amides is 1. The van der Waals surface area contributed by atoms with Gasteiger partial charge < -0.3 is 4.90 Å². The van der Waals surface area contributed by atoms with Crippen LogP contribution in [0.3, 0.4) is 0 Å². The Kier molecular flexibility index (Phi) is 3.88. The van der Waals surface area contributed by atoms with Crippen LogP contribution >= 0.6 is 0 Å². The molecule has 1 amide bonds. The van der Waals surface area contributed by atoms with Crippen LogP contribution in [0.2, 0.25) is 0 Å². The molecule has 3 heteroatoms. The number of fused-ring (bicyclic) bond motifs is 1. The van der Waals surface area contributed by atoms with Crippen LogP contribution in [-0.2, 0) is 6.54 Å². The smallest absolute Gasteiger partial charge is 0.255 e. The number of rotatable bonds is 3. The van der Waals surface area contributed by atoms with E-state index in [1.807, 2.05) is 44.3 Å². The molecule has 2 aromatic carbocycles. The Bertz CT molecular complexity index is 804. The predicted octanol–water partition coefficient (Wildman–Crippen LogP) is 3.82. The van der Waals surface area contributed by atoms with Crippen molar-refractivity contribution in [2.75, 3.05) is 7.05 Å². The minimum absolute atomic E-state index is 0.0135. The second-order valence-corrected chi connectivity index (χ2v) is 5.49. The molecular formula is C19H18N2O. The molecule has 3 rings (SSSR count). The molecule has 22 heavy (non-hydrogen) atoms. The molecule has 110 valence electrons. The fourth-order valence-corrected chi connectivity index (χ4v) is 2.57. The number of pyridine rings is 1. The average Bonchev–Trinajstić information content (AvgIpc) is 2.55. The predicted molar refractivity (Wildman–Crippen MR) is 88.7 cm³/mol. The largest absolute Gasteiger partial charge is 0.337 e. The van der Waals surface area contributed by atoms with Crippen molar-refractivity contribution in [3.63, 3.8) is 0 Å². The van der Waals surface area contributed by atoms with Gasteiger partial charge in [-0.15, -0.1) is 0 Å². The molecule has 0 fully saturated rings. The van der Waals surface area contributed by atoms with Gasteiger partial charge in [-0.3, -0.25) is 9.78 Å². The number of carbonyl (C=O) groups excluding carboxylic acids is 1. The van der Waals surface area contributed by atoms with Crippen LogP contribution in [0.1, 0.15) is 21.6 Å². The molecule has 0 spiro atoms. The summed E-state index contributed by atoms with van der Waals surface area (Å²) < 4.78 is 0. The molecular weight excluding hydrogens is 272 g/mol. The lowest BCUT2D eigenvalue weighted by Gasteiger charge is -2.18. The van der Waals surface area contributed by atoms with Crippen LogP contribution in [0.5, 0.6) is 0 Å². The second kappa shape index (κ2) is 5.98. The number of aryl methyl sites for hydroxylation is 1. The molecule has 0 unspecified atom stereocenters. The highest BCUT2D eigenvalue weighted by molar-refractivity contribution is 5.94. The molecule has 0 aliphatic rings. The number of hydrogen-bond donors (Lipinski definition) is 0. The lowest BCUT2D eigenvalue weighted by Crippen LogP contribution is -2.26. The van der Waals surface area contributed by atoms with Gasteiger partial charge in [-0.25, -0.2) is 0 Å². The zero-order valence-corrected chi connectivity index (χ0v) is 12.8. The van der Waals surface area contributed by atoms with Gasteiger partial charge in [0.25, 0.3) is 5.91 Å². The quantitative estimate of drug-likeness (QED) is 0.735. The highest BCUT2D eigenvalue weighted by Gasteiger charge is 2.13. The van der Waals surface area contributed by atoms with Gasteiger partial charge in [0.05, 0.1) is 5.56 Å². The van der Waals surface area contributed by atoms with Crippen LogP contribution in [-0.4, -0.2) is 22.8 Å². The summed E-state index contributed by atoms with van der Waals surface area (Å²) in [7, 11) is 1.82. The van der Waals surface area contributed by atoms with E-state index in [2.05, 4.69) is 29.2 Å². The minimum atomic E-state index is -0.0135. The summed E-state index contributed by atoms with van der Waals surface area (Å²) in [5.74, 6) is -0.0135. The molecule has 0 atom stereocenters. The van der Waals surface area contributed by atoms with Crippen LogP contribution in [0.4, 0.5) is 0 Å². The molecule has 3 aromatic rings. The van der Waals surface area contributed by atoms with Gasteiger partial charge in [-0.1, -0.05) is 42.5 Å². The third kappa shape index (κ3) is 2.84. The van der Waals surface area contributed by atoms with E-state index in [1.165, 1.54) is 10.8 Å². The number of carbonyl (C=O) groups is 1. The van der Waals surface area contributed by atoms with Crippen LogP contribution in [0.25, 0.3) is 10.8 Å². The maximum absolute atomic E-state index is 12.5. The summed E-state index contributed by atoms with van der Waals surface area (Å²) in [5, 5.41) is 2.38. The van der Waals surface area contributed by atoms with E-state index in [4.69, 9.17) is 0 Å². The van der Waals surface area contributed by atoms with Gasteiger partial charge in [0.15, 0.2) is 0 Å². The van der Waals surface area contributed by atoms with Crippen molar-refractivity contribution < 1.29 is 4.79 Å². The van der Waals surface area contributed by atoms with E-state index < -0.39 is 0 Å². The van der Waals surface area contributed by atoms with Crippen molar-refractivity contribution in [1.29, 1.82) is 0 Å². The Hall–Kier alpha value is -2.68. The molecule has 0 N–H and O–H groups in total. The maximum Gasteiger partial charge on any atom is 0.255 e. The molecule has 1 heterocycles. The Morgan fingerprint density at radius 3 is 2.59 bits per heavy atom. The molecule has 3 nitrogen and oxygen atoms in total. The second-order valence-electron chi connectivity index (χ2n) is 5.49. The summed E-state index contributed by atoms with van der Waals surface area (Å²) >= 11 is 0. The van der Waals surface area contributed by atoms with Gasteiger partial charge in [0.2, 0.25) is 0 Å². The van der Waals surface area contributed by atoms with Gasteiger partial charge in [-0.05, 0) is 35.4 Å². The summed E-state index contributed by atoms with van der Waals surface area (Å²) in [6.07, 6.45) is 1.64. The van der Waals surface area contributed by atoms with Crippen molar-refractivity contribution in [2.24, 2.45) is 0 Å². The zero-order valence-electron chi connectivity index (χ0n) is 12.8. The van der Waals surface area contributed by atoms with Crippen molar-refractivity contribution in [1.82, 2.24) is 9.88 Å². The van der Waals surface area contributed by atoms with E-state index in [9.17, 15) is 4.79 Å². The summed E-state index contributed by atoms with van der Waals surface area (Å²) in [6, 6.07) is 18.1. The van der Waals surface area contributed by atoms with Crippen molar-refractivity contribution in [3.05, 3.63) is 77.6 Å². The first-order valence-corrected chi connectivity index (χ1v) is 7.30. The molecule has 0 radical (unpaired) electrons. The standard InChI is InChI=1S/C19H18N2O/c1-14-10-11-16(12-20-14)19(22)21(2)13-17-8-5-7-15-6-3-4-9-18(15)17/h3-12H,13H2,1-2H3. The third-order valence-electron chi connectivity index (χ3n) is 3.79. The molecule has 0 saturated carbocycles. The normalized spacial score (nSPS) is 10.6. The number of aromatic nitrogens is 1. The first kappa shape index (κ1) is 14.3. The fraction of sp³-hybridized carbons (Fsp3) is 0.158. The Morgan fingerprint density at radius 1 is 1.05 bits per heavy atom. The summed E-state index contributed by atoms with van der Waals surface area (Å²) in [6.45, 7) is 2.49. The maximum atomic E-state index is 12.5. The van der Waals surface area contributed by atoms with Gasteiger partial charge in [-0.2, -0.15) is 0 Å². The monoisotopic (exact) mass is 290 g/mol.